The molecule has 0 aliphatic rings. The molecule has 0 aliphatic heterocycles. The molecule has 0 bridgehead atoms. The van der Waals surface area contributed by atoms with E-state index in [0.29, 0.717) is 6.54 Å². The fraction of sp³-hybridized carbons (Fsp3) is 0.857. The molecule has 0 saturated carbocycles. The molecule has 0 aromatic rings. The second kappa shape index (κ2) is 9.39. The fourth-order valence-corrected chi connectivity index (χ4v) is 0.548. The van der Waals surface area contributed by atoms with Crippen LogP contribution in [0.3, 0.4) is 0 Å². The van der Waals surface area contributed by atoms with Crippen molar-refractivity contribution in [3.63, 3.8) is 0 Å². The summed E-state index contributed by atoms with van der Waals surface area (Å²) >= 11 is 0. The molecular formula is C7H17NO3. The molecule has 0 aliphatic carbocycles. The topological polar surface area (TPSA) is 77.0 Å². The van der Waals surface area contributed by atoms with Crippen LogP contribution in [0.2, 0.25) is 0 Å². The number of quaternary nitrogens is 1. The number of hydrogen-bond acceptors (Lipinski definition) is 3. The van der Waals surface area contributed by atoms with E-state index < -0.39 is 12.1 Å². The first-order valence-corrected chi connectivity index (χ1v) is 3.82. The number of aliphatic hydroxyl groups excluding tert-OH is 1. The zero-order valence-electron chi connectivity index (χ0n) is 7.33. The van der Waals surface area contributed by atoms with Gasteiger partial charge in [0.15, 0.2) is 0 Å². The number of carboxylic acids is 1. The fourth-order valence-electron chi connectivity index (χ4n) is 0.548. The van der Waals surface area contributed by atoms with Crippen molar-refractivity contribution in [2.24, 2.45) is 0 Å². The Labute approximate surface area is 67.2 Å². The lowest BCUT2D eigenvalue weighted by Crippen LogP contribution is -2.82. The number of rotatable bonds is 4. The molecule has 0 rings (SSSR count). The van der Waals surface area contributed by atoms with E-state index in [1.807, 2.05) is 13.8 Å². The summed E-state index contributed by atoms with van der Waals surface area (Å²) in [5, 5.41) is 20.3. The molecule has 1 atom stereocenters. The van der Waals surface area contributed by atoms with Gasteiger partial charge in [-0.3, -0.25) is 0 Å². The van der Waals surface area contributed by atoms with E-state index in [2.05, 4.69) is 0 Å². The van der Waals surface area contributed by atoms with Crippen molar-refractivity contribution in [3.8, 4) is 0 Å². The number of aliphatic hydroxyl groups is 1. The maximum Gasteiger partial charge on any atom is 0.108 e. The van der Waals surface area contributed by atoms with Crippen molar-refractivity contribution in [3.05, 3.63) is 0 Å². The molecule has 11 heavy (non-hydrogen) atoms. The van der Waals surface area contributed by atoms with Crippen LogP contribution in [0.5, 0.6) is 0 Å². The lowest BCUT2D eigenvalue weighted by molar-refractivity contribution is -0.633. The van der Waals surface area contributed by atoms with E-state index in [1.165, 1.54) is 0 Å². The van der Waals surface area contributed by atoms with Crippen LogP contribution in [0.25, 0.3) is 0 Å². The van der Waals surface area contributed by atoms with E-state index in [0.717, 1.165) is 0 Å². The number of hydrogen-bond donors (Lipinski definition) is 2. The van der Waals surface area contributed by atoms with Crippen molar-refractivity contribution < 1.29 is 20.3 Å². The number of aliphatic carboxylic acids is 1. The molecule has 4 heteroatoms. The molecule has 4 nitrogen and oxygen atoms in total. The van der Waals surface area contributed by atoms with Gasteiger partial charge >= 0.3 is 0 Å². The SMILES string of the molecule is CC.C[NH2+]CC(O)CC(=O)[O-]. The molecule has 68 valence electrons. The first-order chi connectivity index (χ1) is 5.16. The van der Waals surface area contributed by atoms with Gasteiger partial charge in [0.05, 0.1) is 7.05 Å². The van der Waals surface area contributed by atoms with Gasteiger partial charge in [0, 0.05) is 12.4 Å². The van der Waals surface area contributed by atoms with Crippen LogP contribution >= 0.6 is 0 Å². The molecule has 0 spiro atoms. The molecule has 0 aromatic carbocycles. The minimum Gasteiger partial charge on any atom is -0.550 e. The summed E-state index contributed by atoms with van der Waals surface area (Å²) in [5.41, 5.74) is 0. The van der Waals surface area contributed by atoms with Crippen LogP contribution in [0.4, 0.5) is 0 Å². The number of carbonyl (C=O) groups excluding carboxylic acids is 1. The van der Waals surface area contributed by atoms with E-state index in [4.69, 9.17) is 5.11 Å². The third-order valence-electron chi connectivity index (χ3n) is 0.910. The van der Waals surface area contributed by atoms with Gasteiger partial charge in [0.2, 0.25) is 0 Å². The Kier molecular flexibility index (Phi) is 11.1. The lowest BCUT2D eigenvalue weighted by atomic mass is 10.2. The van der Waals surface area contributed by atoms with Gasteiger partial charge in [-0.15, -0.1) is 0 Å². The lowest BCUT2D eigenvalue weighted by Gasteiger charge is -2.06. The molecular weight excluding hydrogens is 146 g/mol. The predicted molar refractivity (Wildman–Crippen MR) is 39.7 cm³/mol. The number of likely N-dealkylation sites (N-methyl/N-ethyl adjacent to an activating group) is 1. The van der Waals surface area contributed by atoms with Gasteiger partial charge in [-0.1, -0.05) is 13.8 Å². The quantitative estimate of drug-likeness (QED) is 0.489. The van der Waals surface area contributed by atoms with Crippen LogP contribution < -0.4 is 10.4 Å². The highest BCUT2D eigenvalue weighted by molar-refractivity contribution is 5.64. The van der Waals surface area contributed by atoms with Gasteiger partial charge < -0.3 is 20.3 Å². The third-order valence-corrected chi connectivity index (χ3v) is 0.910. The van der Waals surface area contributed by atoms with Crippen molar-refractivity contribution >= 4 is 5.97 Å². The highest BCUT2D eigenvalue weighted by Gasteiger charge is 2.03. The Bertz CT molecular complexity index is 95.7. The molecule has 0 amide bonds. The van der Waals surface area contributed by atoms with Crippen LogP contribution in [-0.2, 0) is 4.79 Å². The predicted octanol–water partition coefficient (Wildman–Crippen LogP) is -2.29. The van der Waals surface area contributed by atoms with Crippen molar-refractivity contribution in [2.45, 2.75) is 26.4 Å². The average Bonchev–Trinajstić information content (AvgIpc) is 1.91. The Hall–Kier alpha value is -0.610. The average molecular weight is 163 g/mol. The van der Waals surface area contributed by atoms with E-state index in [-0.39, 0.29) is 6.42 Å². The summed E-state index contributed by atoms with van der Waals surface area (Å²) in [7, 11) is 1.76. The zero-order valence-corrected chi connectivity index (χ0v) is 7.33. The Morgan fingerprint density at radius 1 is 1.64 bits per heavy atom. The molecule has 0 fully saturated rings. The summed E-state index contributed by atoms with van der Waals surface area (Å²) in [6.07, 6.45) is -1.05. The molecule has 0 saturated heterocycles. The Morgan fingerprint density at radius 3 is 2.36 bits per heavy atom. The Balaban J connectivity index is 0. The second-order valence-electron chi connectivity index (χ2n) is 1.87. The van der Waals surface area contributed by atoms with Crippen LogP contribution in [0, 0.1) is 0 Å². The normalized spacial score (nSPS) is 11.3. The van der Waals surface area contributed by atoms with Crippen molar-refractivity contribution in [1.29, 1.82) is 0 Å². The maximum absolute atomic E-state index is 9.80. The van der Waals surface area contributed by atoms with Gasteiger partial charge in [-0.2, -0.15) is 0 Å². The molecule has 1 unspecified atom stereocenters. The first kappa shape index (κ1) is 13.0. The molecule has 0 heterocycles. The highest BCUT2D eigenvalue weighted by Crippen LogP contribution is 1.83. The first-order valence-electron chi connectivity index (χ1n) is 3.82. The van der Waals surface area contributed by atoms with E-state index in [1.54, 1.807) is 12.4 Å². The van der Waals surface area contributed by atoms with E-state index in [9.17, 15) is 9.90 Å². The molecule has 0 aromatic heterocycles. The summed E-state index contributed by atoms with van der Waals surface area (Å²) in [6, 6.07) is 0. The van der Waals surface area contributed by atoms with Crippen molar-refractivity contribution in [2.75, 3.05) is 13.6 Å². The smallest absolute Gasteiger partial charge is 0.108 e. The third kappa shape index (κ3) is 12.6. The summed E-state index contributed by atoms with van der Waals surface area (Å²) in [4.78, 5) is 9.80. The standard InChI is InChI=1S/C5H11NO3.C2H6/c1-6-3-4(7)2-5(8)9;1-2/h4,6-7H,2-3H2,1H3,(H,8,9);1-2H3. The van der Waals surface area contributed by atoms with Gasteiger partial charge in [0.1, 0.15) is 12.6 Å². The monoisotopic (exact) mass is 163 g/mol. The number of carboxylic acid groups (broad SMARTS) is 1. The Morgan fingerprint density at radius 2 is 2.09 bits per heavy atom. The zero-order chi connectivity index (χ0) is 9.28. The highest BCUT2D eigenvalue weighted by atomic mass is 16.4. The van der Waals surface area contributed by atoms with Crippen LogP contribution in [-0.4, -0.2) is 30.8 Å². The summed E-state index contributed by atoms with van der Waals surface area (Å²) in [6.45, 7) is 4.41. The number of nitrogens with two attached hydrogens (primary N) is 1. The minimum absolute atomic E-state index is 0.273. The number of carbonyl (C=O) groups is 1. The minimum atomic E-state index is -1.20. The van der Waals surface area contributed by atoms with Gasteiger partial charge in [-0.05, 0) is 0 Å². The molecule has 0 radical (unpaired) electrons. The van der Waals surface area contributed by atoms with Gasteiger partial charge in [0.25, 0.3) is 0 Å². The molecule has 3 N–H and O–H groups in total. The second-order valence-corrected chi connectivity index (χ2v) is 1.87. The maximum atomic E-state index is 9.80. The van der Waals surface area contributed by atoms with Crippen LogP contribution in [0.15, 0.2) is 0 Å². The summed E-state index contributed by atoms with van der Waals surface area (Å²) in [5.74, 6) is -1.20. The largest absolute Gasteiger partial charge is 0.550 e. The van der Waals surface area contributed by atoms with E-state index >= 15 is 0 Å². The summed E-state index contributed by atoms with van der Waals surface area (Å²) < 4.78 is 0. The van der Waals surface area contributed by atoms with Crippen molar-refractivity contribution in [1.82, 2.24) is 0 Å². The van der Waals surface area contributed by atoms with Crippen LogP contribution in [0.1, 0.15) is 20.3 Å². The van der Waals surface area contributed by atoms with Gasteiger partial charge in [-0.25, -0.2) is 0 Å².